The highest BCUT2D eigenvalue weighted by atomic mass is 127. The Morgan fingerprint density at radius 3 is 2.48 bits per heavy atom. The lowest BCUT2D eigenvalue weighted by atomic mass is 9.99. The molecule has 1 heterocycles. The first-order valence-electron chi connectivity index (χ1n) is 7.36. The lowest BCUT2D eigenvalue weighted by Crippen LogP contribution is -2.38. The van der Waals surface area contributed by atoms with Crippen molar-refractivity contribution >= 4 is 29.9 Å². The van der Waals surface area contributed by atoms with Gasteiger partial charge in [-0.05, 0) is 12.8 Å². The van der Waals surface area contributed by atoms with Gasteiger partial charge in [0.25, 0.3) is 0 Å². The molecule has 2 N–H and O–H groups in total. The number of nitrogens with one attached hydrogen (secondary N) is 2. The van der Waals surface area contributed by atoms with Crippen LogP contribution in [0.1, 0.15) is 50.5 Å². The van der Waals surface area contributed by atoms with Gasteiger partial charge in [-0.25, -0.2) is 0 Å². The van der Waals surface area contributed by atoms with Gasteiger partial charge >= 0.3 is 6.18 Å². The zero-order valence-electron chi connectivity index (χ0n) is 13.5. The number of halogens is 4. The van der Waals surface area contributed by atoms with E-state index in [0.29, 0.717) is 24.2 Å². The van der Waals surface area contributed by atoms with Crippen molar-refractivity contribution in [2.45, 2.75) is 51.7 Å². The van der Waals surface area contributed by atoms with Crippen molar-refractivity contribution in [3.63, 3.8) is 0 Å². The summed E-state index contributed by atoms with van der Waals surface area (Å²) in [6.07, 6.45) is -3.12. The molecule has 9 heteroatoms. The Morgan fingerprint density at radius 1 is 1.30 bits per heavy atom. The summed E-state index contributed by atoms with van der Waals surface area (Å²) >= 11 is 0. The van der Waals surface area contributed by atoms with Gasteiger partial charge in [0.15, 0.2) is 11.7 Å². The minimum atomic E-state index is -4.18. The topological polar surface area (TPSA) is 62.5 Å². The SMILES string of the molecule is CCC(CC)c1cc(CNC(=NC)NCCC(F)(F)F)on1.I. The Kier molecular flexibility index (Phi) is 10.2. The van der Waals surface area contributed by atoms with Crippen molar-refractivity contribution in [1.29, 1.82) is 0 Å². The quantitative estimate of drug-likeness (QED) is 0.379. The van der Waals surface area contributed by atoms with Gasteiger partial charge in [0.2, 0.25) is 0 Å². The molecule has 0 bridgehead atoms. The molecule has 134 valence electrons. The van der Waals surface area contributed by atoms with E-state index in [9.17, 15) is 13.2 Å². The van der Waals surface area contributed by atoms with Crippen LogP contribution in [0, 0.1) is 0 Å². The van der Waals surface area contributed by atoms with Crippen LogP contribution in [-0.2, 0) is 6.54 Å². The minimum absolute atomic E-state index is 0. The summed E-state index contributed by atoms with van der Waals surface area (Å²) in [6, 6.07) is 1.87. The molecule has 0 atom stereocenters. The van der Waals surface area contributed by atoms with Gasteiger partial charge in [0.05, 0.1) is 18.7 Å². The van der Waals surface area contributed by atoms with Gasteiger partial charge in [0, 0.05) is 25.6 Å². The highest BCUT2D eigenvalue weighted by molar-refractivity contribution is 14.0. The molecule has 0 fully saturated rings. The molecular weight excluding hydrogens is 424 g/mol. The average Bonchev–Trinajstić information content (AvgIpc) is 2.91. The number of nitrogens with zero attached hydrogens (tertiary/aromatic N) is 2. The number of hydrogen-bond acceptors (Lipinski definition) is 3. The van der Waals surface area contributed by atoms with Crippen LogP contribution in [0.15, 0.2) is 15.6 Å². The van der Waals surface area contributed by atoms with Crippen LogP contribution in [0.25, 0.3) is 0 Å². The molecule has 1 aromatic rings. The highest BCUT2D eigenvalue weighted by Crippen LogP contribution is 2.22. The Morgan fingerprint density at radius 2 is 1.96 bits per heavy atom. The molecule has 0 spiro atoms. The molecule has 0 aliphatic rings. The predicted octanol–water partition coefficient (Wildman–Crippen LogP) is 3.81. The summed E-state index contributed by atoms with van der Waals surface area (Å²) in [5.41, 5.74) is 0.904. The molecule has 0 aromatic carbocycles. The maximum atomic E-state index is 12.1. The third-order valence-corrected chi connectivity index (χ3v) is 3.34. The van der Waals surface area contributed by atoms with Crippen LogP contribution in [0.3, 0.4) is 0 Å². The first-order chi connectivity index (χ1) is 10.4. The van der Waals surface area contributed by atoms with Crippen molar-refractivity contribution in [1.82, 2.24) is 15.8 Å². The number of guanidine groups is 1. The second-order valence-corrected chi connectivity index (χ2v) is 4.95. The van der Waals surface area contributed by atoms with Crippen molar-refractivity contribution in [3.05, 3.63) is 17.5 Å². The van der Waals surface area contributed by atoms with E-state index in [1.54, 1.807) is 0 Å². The van der Waals surface area contributed by atoms with Crippen molar-refractivity contribution in [2.75, 3.05) is 13.6 Å². The van der Waals surface area contributed by atoms with Gasteiger partial charge < -0.3 is 15.2 Å². The maximum Gasteiger partial charge on any atom is 0.390 e. The normalized spacial score (nSPS) is 12.2. The Labute approximate surface area is 151 Å². The summed E-state index contributed by atoms with van der Waals surface area (Å²) in [5, 5.41) is 9.54. The van der Waals surface area contributed by atoms with Gasteiger partial charge in [-0.2, -0.15) is 13.2 Å². The molecule has 0 aliphatic heterocycles. The van der Waals surface area contributed by atoms with E-state index in [2.05, 4.69) is 34.6 Å². The molecule has 0 saturated heterocycles. The van der Waals surface area contributed by atoms with Gasteiger partial charge in [0.1, 0.15) is 0 Å². The van der Waals surface area contributed by atoms with Gasteiger partial charge in [-0.15, -0.1) is 24.0 Å². The first kappa shape index (κ1) is 22.0. The smallest absolute Gasteiger partial charge is 0.359 e. The molecule has 0 amide bonds. The predicted molar refractivity (Wildman–Crippen MR) is 94.1 cm³/mol. The van der Waals surface area contributed by atoms with Crippen LogP contribution in [-0.4, -0.2) is 30.9 Å². The number of aliphatic imine (C=N–C) groups is 1. The van der Waals surface area contributed by atoms with E-state index in [1.165, 1.54) is 7.05 Å². The highest BCUT2D eigenvalue weighted by Gasteiger charge is 2.26. The van der Waals surface area contributed by atoms with Gasteiger partial charge in [-0.3, -0.25) is 4.99 Å². The second-order valence-electron chi connectivity index (χ2n) is 4.95. The minimum Gasteiger partial charge on any atom is -0.359 e. The Bertz CT molecular complexity index is 473. The molecule has 23 heavy (non-hydrogen) atoms. The summed E-state index contributed by atoms with van der Waals surface area (Å²) < 4.78 is 41.5. The van der Waals surface area contributed by atoms with Crippen LogP contribution < -0.4 is 10.6 Å². The average molecular weight is 448 g/mol. The molecule has 0 aliphatic carbocycles. The summed E-state index contributed by atoms with van der Waals surface area (Å²) in [5.74, 6) is 1.28. The van der Waals surface area contributed by atoms with Crippen LogP contribution in [0.4, 0.5) is 13.2 Å². The Balaban J connectivity index is 0.00000484. The lowest BCUT2D eigenvalue weighted by molar-refractivity contribution is -0.132. The summed E-state index contributed by atoms with van der Waals surface area (Å²) in [7, 11) is 1.50. The summed E-state index contributed by atoms with van der Waals surface area (Å²) in [6.45, 7) is 4.28. The molecular formula is C14H24F3IN4O. The molecule has 1 rings (SSSR count). The van der Waals surface area contributed by atoms with Crippen molar-refractivity contribution < 1.29 is 17.7 Å². The van der Waals surface area contributed by atoms with E-state index in [0.717, 1.165) is 18.5 Å². The molecule has 0 unspecified atom stereocenters. The molecule has 0 saturated carbocycles. The van der Waals surface area contributed by atoms with E-state index >= 15 is 0 Å². The second kappa shape index (κ2) is 10.7. The molecule has 5 nitrogen and oxygen atoms in total. The van der Waals surface area contributed by atoms with Crippen LogP contribution in [0.5, 0.6) is 0 Å². The van der Waals surface area contributed by atoms with E-state index in [-0.39, 0.29) is 30.5 Å². The fourth-order valence-electron chi connectivity index (χ4n) is 2.03. The zero-order valence-corrected chi connectivity index (χ0v) is 15.9. The van der Waals surface area contributed by atoms with Crippen molar-refractivity contribution in [2.24, 2.45) is 4.99 Å². The van der Waals surface area contributed by atoms with E-state index in [4.69, 9.17) is 4.52 Å². The van der Waals surface area contributed by atoms with Crippen LogP contribution in [0.2, 0.25) is 0 Å². The number of aromatic nitrogens is 1. The zero-order chi connectivity index (χ0) is 16.6. The van der Waals surface area contributed by atoms with Crippen molar-refractivity contribution in [3.8, 4) is 0 Å². The molecule has 0 radical (unpaired) electrons. The fraction of sp³-hybridized carbons (Fsp3) is 0.714. The van der Waals surface area contributed by atoms with Gasteiger partial charge in [-0.1, -0.05) is 19.0 Å². The van der Waals surface area contributed by atoms with E-state index < -0.39 is 12.6 Å². The monoisotopic (exact) mass is 448 g/mol. The Hall–Kier alpha value is -1.00. The lowest BCUT2D eigenvalue weighted by Gasteiger charge is -2.11. The standard InChI is InChI=1S/C14H23F3N4O.HI/c1-4-10(5-2)12-8-11(22-21-12)9-20-13(18-3)19-7-6-14(15,16)17;/h8,10H,4-7,9H2,1-3H3,(H2,18,19,20);1H. The van der Waals surface area contributed by atoms with Crippen LogP contribution >= 0.6 is 24.0 Å². The largest absolute Gasteiger partial charge is 0.390 e. The first-order valence-corrected chi connectivity index (χ1v) is 7.36. The maximum absolute atomic E-state index is 12.1. The number of rotatable bonds is 7. The third-order valence-electron chi connectivity index (χ3n) is 3.34. The van der Waals surface area contributed by atoms with E-state index in [1.807, 2.05) is 6.07 Å². The summed E-state index contributed by atoms with van der Waals surface area (Å²) in [4.78, 5) is 3.86. The fourth-order valence-corrected chi connectivity index (χ4v) is 2.03. The number of hydrogen-bond donors (Lipinski definition) is 2. The molecule has 1 aromatic heterocycles. The third kappa shape index (κ3) is 8.42. The number of alkyl halides is 3.